The topological polar surface area (TPSA) is 29.5 Å². The van der Waals surface area contributed by atoms with Crippen molar-refractivity contribution >= 4 is 17.5 Å². The van der Waals surface area contributed by atoms with Crippen LogP contribution in [-0.4, -0.2) is 30.5 Å². The summed E-state index contributed by atoms with van der Waals surface area (Å²) in [4.78, 5) is 13.2. The second-order valence-corrected chi connectivity index (χ2v) is 4.05. The Labute approximate surface area is 106 Å². The van der Waals surface area contributed by atoms with Gasteiger partial charge in [0, 0.05) is 12.1 Å². The number of benzene rings is 1. The lowest BCUT2D eigenvalue weighted by atomic mass is 10.3. The van der Waals surface area contributed by atoms with E-state index in [2.05, 4.69) is 5.92 Å². The SMILES string of the molecule is C#CCN(C)C(=O)C(C)Oc1cccc(Cl)c1. The molecular weight excluding hydrogens is 238 g/mol. The summed E-state index contributed by atoms with van der Waals surface area (Å²) in [5.74, 6) is 2.80. The highest BCUT2D eigenvalue weighted by molar-refractivity contribution is 6.30. The Morgan fingerprint density at radius 3 is 2.94 bits per heavy atom. The molecule has 90 valence electrons. The maximum atomic E-state index is 11.8. The average Bonchev–Trinajstić information content (AvgIpc) is 2.28. The second-order valence-electron chi connectivity index (χ2n) is 3.62. The van der Waals surface area contributed by atoms with Gasteiger partial charge in [-0.15, -0.1) is 6.42 Å². The van der Waals surface area contributed by atoms with E-state index in [1.54, 1.807) is 38.2 Å². The van der Waals surface area contributed by atoms with Crippen LogP contribution in [0.2, 0.25) is 5.02 Å². The molecular formula is C13H14ClNO2. The molecule has 1 aromatic carbocycles. The van der Waals surface area contributed by atoms with Gasteiger partial charge in [0.2, 0.25) is 0 Å². The molecule has 0 saturated carbocycles. The van der Waals surface area contributed by atoms with Gasteiger partial charge in [-0.05, 0) is 25.1 Å². The lowest BCUT2D eigenvalue weighted by Crippen LogP contribution is -2.38. The van der Waals surface area contributed by atoms with Gasteiger partial charge in [0.25, 0.3) is 5.91 Å². The van der Waals surface area contributed by atoms with Crippen molar-refractivity contribution in [2.75, 3.05) is 13.6 Å². The van der Waals surface area contributed by atoms with E-state index < -0.39 is 6.10 Å². The molecule has 1 unspecified atom stereocenters. The van der Waals surface area contributed by atoms with Crippen LogP contribution in [-0.2, 0) is 4.79 Å². The lowest BCUT2D eigenvalue weighted by molar-refractivity contribution is -0.135. The van der Waals surface area contributed by atoms with Crippen molar-refractivity contribution in [3.05, 3.63) is 29.3 Å². The Morgan fingerprint density at radius 1 is 1.65 bits per heavy atom. The number of halogens is 1. The Bertz CT molecular complexity index is 439. The van der Waals surface area contributed by atoms with Crippen molar-refractivity contribution in [2.24, 2.45) is 0 Å². The summed E-state index contributed by atoms with van der Waals surface area (Å²) >= 11 is 5.82. The first-order valence-electron chi connectivity index (χ1n) is 5.15. The minimum atomic E-state index is -0.591. The Morgan fingerprint density at radius 2 is 2.35 bits per heavy atom. The number of rotatable bonds is 4. The van der Waals surface area contributed by atoms with Gasteiger partial charge in [-0.2, -0.15) is 0 Å². The highest BCUT2D eigenvalue weighted by atomic mass is 35.5. The number of ether oxygens (including phenoxy) is 1. The fraction of sp³-hybridized carbons (Fsp3) is 0.308. The highest BCUT2D eigenvalue weighted by Crippen LogP contribution is 2.18. The molecule has 0 spiro atoms. The zero-order valence-corrected chi connectivity index (χ0v) is 10.6. The van der Waals surface area contributed by atoms with Crippen molar-refractivity contribution < 1.29 is 9.53 Å². The summed E-state index contributed by atoms with van der Waals surface area (Å²) in [6, 6.07) is 6.91. The van der Waals surface area contributed by atoms with Gasteiger partial charge in [0.15, 0.2) is 6.10 Å². The molecule has 4 heteroatoms. The molecule has 0 aliphatic heterocycles. The van der Waals surface area contributed by atoms with E-state index in [0.717, 1.165) is 0 Å². The van der Waals surface area contributed by atoms with Crippen molar-refractivity contribution in [2.45, 2.75) is 13.0 Å². The number of terminal acetylenes is 1. The number of carbonyl (C=O) groups is 1. The van der Waals surface area contributed by atoms with Crippen LogP contribution >= 0.6 is 11.6 Å². The van der Waals surface area contributed by atoms with Gasteiger partial charge in [0.1, 0.15) is 5.75 Å². The normalized spacial score (nSPS) is 11.4. The molecule has 0 bridgehead atoms. The van der Waals surface area contributed by atoms with E-state index in [1.807, 2.05) is 0 Å². The highest BCUT2D eigenvalue weighted by Gasteiger charge is 2.18. The minimum absolute atomic E-state index is 0.164. The zero-order chi connectivity index (χ0) is 12.8. The number of nitrogens with zero attached hydrogens (tertiary/aromatic N) is 1. The van der Waals surface area contributed by atoms with E-state index in [1.165, 1.54) is 4.90 Å². The average molecular weight is 252 g/mol. The largest absolute Gasteiger partial charge is 0.481 e. The van der Waals surface area contributed by atoms with E-state index >= 15 is 0 Å². The summed E-state index contributed by atoms with van der Waals surface area (Å²) in [6.45, 7) is 1.94. The predicted octanol–water partition coefficient (Wildman–Crippen LogP) is 2.20. The monoisotopic (exact) mass is 251 g/mol. The number of amides is 1. The first-order valence-corrected chi connectivity index (χ1v) is 5.53. The molecule has 1 aromatic rings. The Kier molecular flexibility index (Phi) is 4.86. The number of hydrogen-bond acceptors (Lipinski definition) is 2. The van der Waals surface area contributed by atoms with Gasteiger partial charge < -0.3 is 9.64 Å². The molecule has 0 aliphatic rings. The second kappa shape index (κ2) is 6.17. The molecule has 0 N–H and O–H groups in total. The van der Waals surface area contributed by atoms with Crippen LogP contribution in [0.1, 0.15) is 6.92 Å². The lowest BCUT2D eigenvalue weighted by Gasteiger charge is -2.20. The van der Waals surface area contributed by atoms with Crippen LogP contribution in [0, 0.1) is 12.3 Å². The number of carbonyl (C=O) groups excluding carboxylic acids is 1. The van der Waals surface area contributed by atoms with Gasteiger partial charge in [0.05, 0.1) is 6.54 Å². The minimum Gasteiger partial charge on any atom is -0.481 e. The Balaban J connectivity index is 2.63. The summed E-state index contributed by atoms with van der Waals surface area (Å²) in [7, 11) is 1.64. The fourth-order valence-electron chi connectivity index (χ4n) is 1.32. The van der Waals surface area contributed by atoms with Crippen LogP contribution in [0.3, 0.4) is 0 Å². The zero-order valence-electron chi connectivity index (χ0n) is 9.81. The quantitative estimate of drug-likeness (QED) is 0.768. The van der Waals surface area contributed by atoms with Gasteiger partial charge in [-0.3, -0.25) is 4.79 Å². The number of likely N-dealkylation sites (N-methyl/N-ethyl adjacent to an activating group) is 1. The van der Waals surface area contributed by atoms with E-state index in [4.69, 9.17) is 22.8 Å². The van der Waals surface area contributed by atoms with Crippen molar-refractivity contribution in [3.8, 4) is 18.1 Å². The molecule has 3 nitrogen and oxygen atoms in total. The summed E-state index contributed by atoms with van der Waals surface area (Å²) in [5.41, 5.74) is 0. The molecule has 0 saturated heterocycles. The maximum absolute atomic E-state index is 11.8. The van der Waals surface area contributed by atoms with Gasteiger partial charge >= 0.3 is 0 Å². The van der Waals surface area contributed by atoms with Crippen LogP contribution in [0.25, 0.3) is 0 Å². The smallest absolute Gasteiger partial charge is 0.263 e. The predicted molar refractivity (Wildman–Crippen MR) is 68.0 cm³/mol. The number of hydrogen-bond donors (Lipinski definition) is 0. The van der Waals surface area contributed by atoms with Crippen molar-refractivity contribution in [3.63, 3.8) is 0 Å². The van der Waals surface area contributed by atoms with E-state index in [-0.39, 0.29) is 12.5 Å². The molecule has 1 amide bonds. The molecule has 0 aromatic heterocycles. The third-order valence-corrected chi connectivity index (χ3v) is 2.40. The fourth-order valence-corrected chi connectivity index (χ4v) is 1.50. The maximum Gasteiger partial charge on any atom is 0.263 e. The van der Waals surface area contributed by atoms with Gasteiger partial charge in [-0.25, -0.2) is 0 Å². The third kappa shape index (κ3) is 4.01. The molecule has 0 heterocycles. The molecule has 1 rings (SSSR count). The Hall–Kier alpha value is -1.66. The van der Waals surface area contributed by atoms with Crippen molar-refractivity contribution in [1.29, 1.82) is 0 Å². The van der Waals surface area contributed by atoms with Crippen LogP contribution in [0.5, 0.6) is 5.75 Å². The first-order chi connectivity index (χ1) is 8.04. The molecule has 0 radical (unpaired) electrons. The first kappa shape index (κ1) is 13.4. The molecule has 1 atom stereocenters. The molecule has 0 fully saturated rings. The van der Waals surface area contributed by atoms with Crippen molar-refractivity contribution in [1.82, 2.24) is 4.90 Å². The van der Waals surface area contributed by atoms with E-state index in [9.17, 15) is 4.79 Å². The van der Waals surface area contributed by atoms with Crippen LogP contribution in [0.15, 0.2) is 24.3 Å². The molecule has 17 heavy (non-hydrogen) atoms. The summed E-state index contributed by atoms with van der Waals surface area (Å²) < 4.78 is 5.48. The van der Waals surface area contributed by atoms with Crippen LogP contribution < -0.4 is 4.74 Å². The van der Waals surface area contributed by atoms with Gasteiger partial charge in [-0.1, -0.05) is 23.6 Å². The molecule has 0 aliphatic carbocycles. The van der Waals surface area contributed by atoms with Crippen LogP contribution in [0.4, 0.5) is 0 Å². The summed E-state index contributed by atoms with van der Waals surface area (Å²) in [5, 5.41) is 0.569. The van der Waals surface area contributed by atoms with E-state index in [0.29, 0.717) is 10.8 Å². The third-order valence-electron chi connectivity index (χ3n) is 2.16. The standard InChI is InChI=1S/C13H14ClNO2/c1-4-8-15(3)13(16)10(2)17-12-7-5-6-11(14)9-12/h1,5-7,9-10H,8H2,2-3H3. The summed E-state index contributed by atoms with van der Waals surface area (Å²) in [6.07, 6.45) is 4.55.